The highest BCUT2D eigenvalue weighted by molar-refractivity contribution is 6.12. The zero-order chi connectivity index (χ0) is 42.2. The molecule has 2 aliphatic rings. The van der Waals surface area contributed by atoms with E-state index >= 15 is 0 Å². The third-order valence-electron chi connectivity index (χ3n) is 13.1. The van der Waals surface area contributed by atoms with Crippen LogP contribution < -0.4 is 4.90 Å². The van der Waals surface area contributed by atoms with Crippen LogP contribution in [0.15, 0.2) is 235 Å². The van der Waals surface area contributed by atoms with E-state index in [2.05, 4.69) is 242 Å². The molecular weight excluding hydrogens is 763 g/mol. The molecule has 11 rings (SSSR count). The van der Waals surface area contributed by atoms with Gasteiger partial charge in [-0.25, -0.2) is 0 Å². The Kier molecular flexibility index (Phi) is 9.90. The van der Waals surface area contributed by atoms with Gasteiger partial charge in [-0.05, 0) is 88.1 Å². The second-order valence-corrected chi connectivity index (χ2v) is 16.5. The first-order valence-corrected chi connectivity index (χ1v) is 22.2. The number of furan rings is 1. The summed E-state index contributed by atoms with van der Waals surface area (Å²) in [6.07, 6.45) is 15.9. The van der Waals surface area contributed by atoms with Gasteiger partial charge in [0, 0.05) is 45.4 Å². The van der Waals surface area contributed by atoms with E-state index in [1.54, 1.807) is 0 Å². The van der Waals surface area contributed by atoms with Gasteiger partial charge in [-0.15, -0.1) is 0 Å². The van der Waals surface area contributed by atoms with Gasteiger partial charge >= 0.3 is 0 Å². The molecule has 0 spiro atoms. The second-order valence-electron chi connectivity index (χ2n) is 16.5. The zero-order valence-corrected chi connectivity index (χ0v) is 35.4. The molecule has 0 bridgehead atoms. The Bertz CT molecular complexity index is 3200. The number of fused-ring (bicyclic) bond motifs is 6. The molecule has 0 aliphatic heterocycles. The van der Waals surface area contributed by atoms with Crippen LogP contribution >= 0.6 is 0 Å². The molecule has 0 saturated heterocycles. The standard InChI is InChI=1S/C61H47NO/c1-2-43(50-31-17-33-52-53-34-18-32-51(60(53)63-59(50)52)46-23-9-4-10-24-46)25-20-42-62(49-40-38-45(39-41-49)44-21-7-3-8-22-44)57-37-19-36-56-58(57)54-30-15-16-35-55(54)61(56,47-26-11-5-12-27-47)48-28-13-6-14-29-48/h2,4-7,9-41H,3,8,42H2,1H3/b25-20-,43-2+. The lowest BCUT2D eigenvalue weighted by atomic mass is 9.68. The molecule has 63 heavy (non-hydrogen) atoms. The Hall–Kier alpha value is -7.68. The van der Waals surface area contributed by atoms with Crippen molar-refractivity contribution in [3.8, 4) is 22.3 Å². The Morgan fingerprint density at radius 3 is 1.92 bits per heavy atom. The van der Waals surface area contributed by atoms with Crippen molar-refractivity contribution in [2.24, 2.45) is 0 Å². The molecule has 0 saturated carbocycles. The molecule has 9 aromatic rings. The smallest absolute Gasteiger partial charge is 0.143 e. The van der Waals surface area contributed by atoms with Crippen molar-refractivity contribution in [3.63, 3.8) is 0 Å². The van der Waals surface area contributed by atoms with Crippen LogP contribution in [0, 0.1) is 0 Å². The topological polar surface area (TPSA) is 16.4 Å². The average molecular weight is 810 g/mol. The predicted octanol–water partition coefficient (Wildman–Crippen LogP) is 16.1. The van der Waals surface area contributed by atoms with E-state index in [1.807, 2.05) is 0 Å². The van der Waals surface area contributed by atoms with E-state index in [-0.39, 0.29) is 0 Å². The normalized spacial score (nSPS) is 14.2. The molecule has 2 aliphatic carbocycles. The summed E-state index contributed by atoms with van der Waals surface area (Å²) in [4.78, 5) is 2.49. The van der Waals surface area contributed by atoms with Crippen molar-refractivity contribution in [1.29, 1.82) is 0 Å². The number of anilines is 2. The Labute approximate surface area is 370 Å². The van der Waals surface area contributed by atoms with Crippen LogP contribution in [0.25, 0.3) is 55.3 Å². The largest absolute Gasteiger partial charge is 0.455 e. The van der Waals surface area contributed by atoms with E-state index < -0.39 is 5.41 Å². The fourth-order valence-electron chi connectivity index (χ4n) is 10.2. The Balaban J connectivity index is 1.05. The summed E-state index contributed by atoms with van der Waals surface area (Å²) in [5.41, 5.74) is 18.3. The lowest BCUT2D eigenvalue weighted by molar-refractivity contribution is 0.669. The molecule has 0 N–H and O–H groups in total. The number of rotatable bonds is 10. The van der Waals surface area contributed by atoms with Gasteiger partial charge in [0.25, 0.3) is 0 Å². The highest BCUT2D eigenvalue weighted by Gasteiger charge is 2.47. The first-order chi connectivity index (χ1) is 31.2. The third kappa shape index (κ3) is 6.49. The van der Waals surface area contributed by atoms with Crippen LogP contribution in [-0.4, -0.2) is 6.54 Å². The highest BCUT2D eigenvalue weighted by atomic mass is 16.3. The quantitative estimate of drug-likeness (QED) is 0.128. The summed E-state index contributed by atoms with van der Waals surface area (Å²) in [5, 5.41) is 2.25. The van der Waals surface area contributed by atoms with Gasteiger partial charge in [-0.1, -0.05) is 212 Å². The number of para-hydroxylation sites is 2. The van der Waals surface area contributed by atoms with Crippen molar-refractivity contribution < 1.29 is 4.42 Å². The van der Waals surface area contributed by atoms with Gasteiger partial charge < -0.3 is 9.32 Å². The van der Waals surface area contributed by atoms with Crippen molar-refractivity contribution in [1.82, 2.24) is 0 Å². The molecule has 8 aromatic carbocycles. The van der Waals surface area contributed by atoms with Crippen molar-refractivity contribution in [3.05, 3.63) is 264 Å². The molecule has 302 valence electrons. The predicted molar refractivity (Wildman–Crippen MR) is 265 cm³/mol. The molecule has 0 atom stereocenters. The fraction of sp³-hybridized carbons (Fsp3) is 0.0820. The lowest BCUT2D eigenvalue weighted by Gasteiger charge is -2.34. The second kappa shape index (κ2) is 16.3. The number of hydrogen-bond acceptors (Lipinski definition) is 2. The minimum atomic E-state index is -0.487. The van der Waals surface area contributed by atoms with Crippen molar-refractivity contribution in [2.45, 2.75) is 25.2 Å². The molecule has 0 fully saturated rings. The lowest BCUT2D eigenvalue weighted by Crippen LogP contribution is -2.28. The molecule has 2 nitrogen and oxygen atoms in total. The Morgan fingerprint density at radius 1 is 0.571 bits per heavy atom. The maximum Gasteiger partial charge on any atom is 0.143 e. The van der Waals surface area contributed by atoms with Gasteiger partial charge in [0.1, 0.15) is 11.2 Å². The van der Waals surface area contributed by atoms with E-state index in [0.29, 0.717) is 6.54 Å². The van der Waals surface area contributed by atoms with Crippen LogP contribution in [0.3, 0.4) is 0 Å². The first kappa shape index (κ1) is 38.3. The fourth-order valence-corrected chi connectivity index (χ4v) is 10.2. The highest BCUT2D eigenvalue weighted by Crippen LogP contribution is 2.58. The van der Waals surface area contributed by atoms with Gasteiger partial charge in [0.05, 0.1) is 5.41 Å². The minimum Gasteiger partial charge on any atom is -0.455 e. The van der Waals surface area contributed by atoms with Gasteiger partial charge in [-0.3, -0.25) is 0 Å². The summed E-state index contributed by atoms with van der Waals surface area (Å²) in [5.74, 6) is 0. The maximum atomic E-state index is 6.86. The minimum absolute atomic E-state index is 0.487. The molecule has 2 heteroatoms. The molecule has 1 aromatic heterocycles. The summed E-state index contributed by atoms with van der Waals surface area (Å²) >= 11 is 0. The van der Waals surface area contributed by atoms with Crippen LogP contribution in [0.2, 0.25) is 0 Å². The van der Waals surface area contributed by atoms with E-state index in [9.17, 15) is 0 Å². The molecule has 0 amide bonds. The average Bonchev–Trinajstić information content (AvgIpc) is 3.90. The molecule has 1 heterocycles. The summed E-state index contributed by atoms with van der Waals surface area (Å²) < 4.78 is 6.86. The first-order valence-electron chi connectivity index (χ1n) is 22.2. The third-order valence-corrected chi connectivity index (χ3v) is 13.1. The molecular formula is C61H47NO. The Morgan fingerprint density at radius 2 is 1.21 bits per heavy atom. The van der Waals surface area contributed by atoms with Crippen LogP contribution in [0.1, 0.15) is 53.1 Å². The SMILES string of the molecule is C/C=C(\C=C/CN(c1ccc(C2=CCCC=C2)cc1)c1cccc2c1-c1ccccc1C2(c1ccccc1)c1ccccc1)c1cccc2c1oc1c(-c3ccccc3)cccc12. The number of nitrogens with zero attached hydrogens (tertiary/aromatic N) is 1. The molecule has 0 radical (unpaired) electrons. The summed E-state index contributed by atoms with van der Waals surface area (Å²) in [6, 6.07) is 70.7. The number of benzene rings is 8. The summed E-state index contributed by atoms with van der Waals surface area (Å²) in [6.45, 7) is 2.77. The number of hydrogen-bond donors (Lipinski definition) is 0. The van der Waals surface area contributed by atoms with Crippen LogP contribution in [0.5, 0.6) is 0 Å². The van der Waals surface area contributed by atoms with E-state index in [1.165, 1.54) is 50.2 Å². The van der Waals surface area contributed by atoms with Crippen LogP contribution in [0.4, 0.5) is 11.4 Å². The van der Waals surface area contributed by atoms with Crippen molar-refractivity contribution in [2.75, 3.05) is 11.4 Å². The maximum absolute atomic E-state index is 6.86. The van der Waals surface area contributed by atoms with Gasteiger partial charge in [0.2, 0.25) is 0 Å². The van der Waals surface area contributed by atoms with Gasteiger partial charge in [0.15, 0.2) is 0 Å². The van der Waals surface area contributed by atoms with E-state index in [0.717, 1.165) is 62.7 Å². The van der Waals surface area contributed by atoms with Gasteiger partial charge in [-0.2, -0.15) is 0 Å². The monoisotopic (exact) mass is 809 g/mol. The summed E-state index contributed by atoms with van der Waals surface area (Å²) in [7, 11) is 0. The molecule has 0 unspecified atom stereocenters. The number of allylic oxidation sites excluding steroid dienone is 7. The van der Waals surface area contributed by atoms with Crippen LogP contribution in [-0.2, 0) is 5.41 Å². The zero-order valence-electron chi connectivity index (χ0n) is 35.4. The van der Waals surface area contributed by atoms with Crippen molar-refractivity contribution >= 4 is 44.5 Å². The van der Waals surface area contributed by atoms with E-state index in [4.69, 9.17) is 4.42 Å².